The molecule has 24 heavy (non-hydrogen) atoms. The van der Waals surface area contributed by atoms with Crippen molar-refractivity contribution in [2.45, 2.75) is 11.1 Å². The Hall–Kier alpha value is -2.14. The van der Waals surface area contributed by atoms with Crippen LogP contribution in [0, 0.1) is 11.6 Å². The minimum atomic E-state index is -5.09. The van der Waals surface area contributed by atoms with Gasteiger partial charge in [-0.2, -0.15) is 13.2 Å². The van der Waals surface area contributed by atoms with Crippen LogP contribution in [-0.2, 0) is 16.2 Å². The van der Waals surface area contributed by atoms with Gasteiger partial charge in [0.1, 0.15) is 21.4 Å². The Morgan fingerprint density at radius 1 is 1.12 bits per heavy atom. The third-order valence-electron chi connectivity index (χ3n) is 3.16. The van der Waals surface area contributed by atoms with E-state index in [1.54, 1.807) is 10.1 Å². The van der Waals surface area contributed by atoms with Crippen LogP contribution in [0.3, 0.4) is 0 Å². The van der Waals surface area contributed by atoms with Crippen molar-refractivity contribution in [1.82, 2.24) is 4.98 Å². The largest absolute Gasteiger partial charge is 0.419 e. The van der Waals surface area contributed by atoms with Crippen LogP contribution < -0.4 is 4.72 Å². The minimum Gasteiger partial charge on any atom is -0.352 e. The van der Waals surface area contributed by atoms with Gasteiger partial charge in [0.15, 0.2) is 0 Å². The number of H-pyrrole nitrogens is 1. The fraction of sp³-hybridized carbons (Fsp3) is 0.0769. The van der Waals surface area contributed by atoms with Crippen LogP contribution >= 0.6 is 11.3 Å². The van der Waals surface area contributed by atoms with Gasteiger partial charge < -0.3 is 4.98 Å². The zero-order chi connectivity index (χ0) is 17.7. The van der Waals surface area contributed by atoms with Gasteiger partial charge in [-0.1, -0.05) is 0 Å². The number of fused-ring (bicyclic) bond motifs is 1. The number of anilines is 1. The summed E-state index contributed by atoms with van der Waals surface area (Å²) >= 11 is 1.23. The first-order chi connectivity index (χ1) is 11.1. The molecule has 3 aromatic rings. The molecule has 0 aliphatic heterocycles. The van der Waals surface area contributed by atoms with Gasteiger partial charge in [0.2, 0.25) is 0 Å². The molecule has 4 nitrogen and oxygen atoms in total. The van der Waals surface area contributed by atoms with E-state index < -0.39 is 39.1 Å². The maximum atomic E-state index is 13.8. The monoisotopic (exact) mass is 382 g/mol. The molecular formula is C13H7F5N2O2S2. The summed E-state index contributed by atoms with van der Waals surface area (Å²) in [6.07, 6.45) is -3.94. The molecule has 0 aliphatic rings. The SMILES string of the molecule is O=S(=O)(Nc1cc(F)c(C(F)(F)F)cc1F)c1c[nH]c2sccc12. The maximum absolute atomic E-state index is 13.8. The lowest BCUT2D eigenvalue weighted by molar-refractivity contribution is -0.140. The predicted molar refractivity (Wildman–Crippen MR) is 78.3 cm³/mol. The number of thiophene rings is 1. The second-order valence-electron chi connectivity index (χ2n) is 4.73. The van der Waals surface area contributed by atoms with Gasteiger partial charge in [0.05, 0.1) is 11.3 Å². The summed E-state index contributed by atoms with van der Waals surface area (Å²) in [4.78, 5) is 3.02. The first kappa shape index (κ1) is 16.7. The smallest absolute Gasteiger partial charge is 0.352 e. The quantitative estimate of drug-likeness (QED) is 0.663. The molecule has 0 saturated heterocycles. The van der Waals surface area contributed by atoms with Gasteiger partial charge in [-0.3, -0.25) is 4.72 Å². The number of nitrogens with one attached hydrogen (secondary N) is 2. The summed E-state index contributed by atoms with van der Waals surface area (Å²) in [5.74, 6) is -3.32. The number of hydrogen-bond donors (Lipinski definition) is 2. The molecule has 0 amide bonds. The molecule has 2 heterocycles. The average Bonchev–Trinajstić information content (AvgIpc) is 3.03. The molecule has 11 heteroatoms. The second kappa shape index (κ2) is 5.45. The van der Waals surface area contributed by atoms with Crippen molar-refractivity contribution < 1.29 is 30.4 Å². The molecule has 0 atom stereocenters. The molecular weight excluding hydrogens is 375 g/mol. The van der Waals surface area contributed by atoms with Gasteiger partial charge in [-0.25, -0.2) is 17.2 Å². The van der Waals surface area contributed by atoms with E-state index in [9.17, 15) is 30.4 Å². The van der Waals surface area contributed by atoms with Gasteiger partial charge >= 0.3 is 6.18 Å². The summed E-state index contributed by atoms with van der Waals surface area (Å²) in [7, 11) is -4.32. The summed E-state index contributed by atoms with van der Waals surface area (Å²) in [5, 5.41) is 1.96. The standard InChI is InChI=1S/C13H7F5N2O2S2/c14-8-4-10(9(15)3-7(8)13(16,17)18)20-24(21,22)11-5-19-12-6(11)1-2-23-12/h1-5,19-20H. The number of sulfonamides is 1. The van der Waals surface area contributed by atoms with E-state index in [4.69, 9.17) is 0 Å². The molecule has 0 unspecified atom stereocenters. The van der Waals surface area contributed by atoms with Crippen molar-refractivity contribution in [2.75, 3.05) is 4.72 Å². The zero-order valence-corrected chi connectivity index (χ0v) is 13.0. The maximum Gasteiger partial charge on any atom is 0.419 e. The number of hydrogen-bond acceptors (Lipinski definition) is 3. The number of rotatable bonds is 3. The van der Waals surface area contributed by atoms with Crippen molar-refractivity contribution in [1.29, 1.82) is 0 Å². The van der Waals surface area contributed by atoms with Crippen LogP contribution in [0.1, 0.15) is 5.56 Å². The highest BCUT2D eigenvalue weighted by Crippen LogP contribution is 2.35. The highest BCUT2D eigenvalue weighted by Gasteiger charge is 2.35. The highest BCUT2D eigenvalue weighted by atomic mass is 32.2. The first-order valence-electron chi connectivity index (χ1n) is 6.23. The van der Waals surface area contributed by atoms with Gasteiger partial charge in [-0.05, 0) is 17.5 Å². The summed E-state index contributed by atoms with van der Waals surface area (Å²) in [6.45, 7) is 0. The fourth-order valence-corrected chi connectivity index (χ4v) is 4.15. The third-order valence-corrected chi connectivity index (χ3v) is 5.41. The molecule has 2 aromatic heterocycles. The summed E-state index contributed by atoms with van der Waals surface area (Å²) in [6, 6.07) is 1.58. The Morgan fingerprint density at radius 3 is 2.50 bits per heavy atom. The Balaban J connectivity index is 2.02. The molecule has 0 bridgehead atoms. The van der Waals surface area contributed by atoms with E-state index in [0.29, 0.717) is 10.2 Å². The van der Waals surface area contributed by atoms with E-state index in [0.717, 1.165) is 6.20 Å². The first-order valence-corrected chi connectivity index (χ1v) is 8.59. The van der Waals surface area contributed by atoms with Crippen LogP contribution in [0.4, 0.5) is 27.6 Å². The minimum absolute atomic E-state index is 0.0928. The molecule has 0 saturated carbocycles. The van der Waals surface area contributed by atoms with Crippen LogP contribution in [0.25, 0.3) is 10.2 Å². The molecule has 0 aliphatic carbocycles. The second-order valence-corrected chi connectivity index (χ2v) is 7.30. The molecule has 1 aromatic carbocycles. The van der Waals surface area contributed by atoms with E-state index in [1.165, 1.54) is 17.4 Å². The summed E-state index contributed by atoms with van der Waals surface area (Å²) in [5.41, 5.74) is -2.73. The molecule has 0 spiro atoms. The molecule has 0 fully saturated rings. The van der Waals surface area contributed by atoms with Crippen molar-refractivity contribution in [2.24, 2.45) is 0 Å². The van der Waals surface area contributed by atoms with Crippen molar-refractivity contribution in [3.8, 4) is 0 Å². The Bertz CT molecular complexity index is 1020. The Kier molecular flexibility index (Phi) is 3.79. The third kappa shape index (κ3) is 2.84. The zero-order valence-electron chi connectivity index (χ0n) is 11.4. The lowest BCUT2D eigenvalue weighted by Crippen LogP contribution is -2.15. The predicted octanol–water partition coefficient (Wildman–Crippen LogP) is 4.33. The molecule has 128 valence electrons. The van der Waals surface area contributed by atoms with Crippen molar-refractivity contribution in [3.05, 3.63) is 47.0 Å². The summed E-state index contributed by atoms with van der Waals surface area (Å²) < 4.78 is 91.2. The van der Waals surface area contributed by atoms with E-state index >= 15 is 0 Å². The highest BCUT2D eigenvalue weighted by molar-refractivity contribution is 7.93. The number of halogens is 5. The fourth-order valence-electron chi connectivity index (χ4n) is 2.09. The number of aromatic amines is 1. The number of benzene rings is 1. The average molecular weight is 382 g/mol. The van der Waals surface area contributed by atoms with Crippen molar-refractivity contribution in [3.63, 3.8) is 0 Å². The molecule has 0 radical (unpaired) electrons. The normalized spacial score (nSPS) is 12.7. The lowest BCUT2D eigenvalue weighted by Gasteiger charge is -2.12. The van der Waals surface area contributed by atoms with Crippen LogP contribution in [0.2, 0.25) is 0 Å². The molecule has 3 rings (SSSR count). The Labute approximate surface area is 136 Å². The van der Waals surface area contributed by atoms with Gasteiger partial charge in [0, 0.05) is 17.6 Å². The molecule has 2 N–H and O–H groups in total. The van der Waals surface area contributed by atoms with E-state index in [2.05, 4.69) is 4.98 Å². The Morgan fingerprint density at radius 2 is 1.83 bits per heavy atom. The lowest BCUT2D eigenvalue weighted by atomic mass is 10.2. The van der Waals surface area contributed by atoms with E-state index in [1.807, 2.05) is 0 Å². The topological polar surface area (TPSA) is 62.0 Å². The van der Waals surface area contributed by atoms with E-state index in [-0.39, 0.29) is 17.0 Å². The van der Waals surface area contributed by atoms with Crippen LogP contribution in [0.15, 0.2) is 34.7 Å². The number of alkyl halides is 3. The van der Waals surface area contributed by atoms with Gasteiger partial charge in [0.25, 0.3) is 10.0 Å². The van der Waals surface area contributed by atoms with Crippen LogP contribution in [-0.4, -0.2) is 13.4 Å². The van der Waals surface area contributed by atoms with Crippen LogP contribution in [0.5, 0.6) is 0 Å². The number of aromatic nitrogens is 1. The van der Waals surface area contributed by atoms with Crippen molar-refractivity contribution >= 4 is 37.3 Å². The van der Waals surface area contributed by atoms with Gasteiger partial charge in [-0.15, -0.1) is 11.3 Å².